The Morgan fingerprint density at radius 1 is 1.33 bits per heavy atom. The van der Waals surface area contributed by atoms with Crippen LogP contribution in [-0.2, 0) is 0 Å². The molecule has 0 saturated heterocycles. The largest absolute Gasteiger partial charge is 0.317 e. The molecule has 0 aromatic heterocycles. The molecule has 0 bridgehead atoms. The summed E-state index contributed by atoms with van der Waals surface area (Å²) >= 11 is 2.15. The van der Waals surface area contributed by atoms with E-state index in [1.165, 1.54) is 12.8 Å². The van der Waals surface area contributed by atoms with Crippen LogP contribution < -0.4 is 5.32 Å². The molecule has 0 aliphatic heterocycles. The maximum absolute atomic E-state index is 3.40. The molecule has 0 aromatic rings. The summed E-state index contributed by atoms with van der Waals surface area (Å²) in [6.45, 7) is 6.97. The van der Waals surface area contributed by atoms with Crippen molar-refractivity contribution in [1.82, 2.24) is 5.32 Å². The van der Waals surface area contributed by atoms with Gasteiger partial charge in [-0.1, -0.05) is 20.8 Å². The predicted octanol–water partition coefficient (Wildman–Crippen LogP) is 2.51. The van der Waals surface area contributed by atoms with E-state index in [1.807, 2.05) is 0 Å². The van der Waals surface area contributed by atoms with Gasteiger partial charge in [-0.25, -0.2) is 0 Å². The average molecular weight is 187 g/mol. The topological polar surface area (TPSA) is 12.0 Å². The third-order valence-electron chi connectivity index (χ3n) is 2.80. The van der Waals surface area contributed by atoms with E-state index in [4.69, 9.17) is 0 Å². The molecular formula is C10H21NS. The first-order valence-corrected chi connectivity index (χ1v) is 5.92. The number of hydrogen-bond donors (Lipinski definition) is 1. The summed E-state index contributed by atoms with van der Waals surface area (Å²) in [4.78, 5) is 0. The monoisotopic (exact) mass is 187 g/mol. The van der Waals surface area contributed by atoms with Crippen molar-refractivity contribution < 1.29 is 0 Å². The summed E-state index contributed by atoms with van der Waals surface area (Å²) in [6, 6.07) is 0.765. The van der Waals surface area contributed by atoms with Gasteiger partial charge in [0.15, 0.2) is 0 Å². The number of nitrogens with one attached hydrogen (secondary N) is 1. The van der Waals surface area contributed by atoms with Gasteiger partial charge in [0.05, 0.1) is 0 Å². The van der Waals surface area contributed by atoms with E-state index >= 15 is 0 Å². The summed E-state index contributed by atoms with van der Waals surface area (Å²) in [5.41, 5.74) is 0. The fourth-order valence-electron chi connectivity index (χ4n) is 2.08. The zero-order valence-corrected chi connectivity index (χ0v) is 9.45. The van der Waals surface area contributed by atoms with Crippen LogP contribution in [0.3, 0.4) is 0 Å². The number of hydrogen-bond acceptors (Lipinski definition) is 2. The van der Waals surface area contributed by atoms with Crippen molar-refractivity contribution in [3.8, 4) is 0 Å². The van der Waals surface area contributed by atoms with Gasteiger partial charge in [-0.3, -0.25) is 0 Å². The smallest absolute Gasteiger partial charge is 0.0101 e. The van der Waals surface area contributed by atoms with E-state index < -0.39 is 0 Å². The quantitative estimate of drug-likeness (QED) is 0.728. The van der Waals surface area contributed by atoms with Crippen LogP contribution in [0.5, 0.6) is 0 Å². The Hall–Kier alpha value is 0.310. The highest BCUT2D eigenvalue weighted by Crippen LogP contribution is 2.36. The van der Waals surface area contributed by atoms with Crippen molar-refractivity contribution >= 4 is 11.8 Å². The lowest BCUT2D eigenvalue weighted by atomic mass is 10.1. The highest BCUT2D eigenvalue weighted by atomic mass is 32.2. The van der Waals surface area contributed by atoms with Crippen LogP contribution >= 0.6 is 11.8 Å². The first kappa shape index (κ1) is 10.4. The van der Waals surface area contributed by atoms with Crippen LogP contribution in [-0.4, -0.2) is 23.6 Å². The second-order valence-corrected chi connectivity index (χ2v) is 5.88. The van der Waals surface area contributed by atoms with Gasteiger partial charge in [-0.2, -0.15) is 11.8 Å². The Labute approximate surface area is 80.7 Å². The first-order valence-electron chi connectivity index (χ1n) is 4.98. The minimum atomic E-state index is 0.765. The van der Waals surface area contributed by atoms with Crippen LogP contribution in [0.2, 0.25) is 0 Å². The Morgan fingerprint density at radius 3 is 2.42 bits per heavy atom. The molecule has 1 fully saturated rings. The van der Waals surface area contributed by atoms with E-state index in [9.17, 15) is 0 Å². The fraction of sp³-hybridized carbons (Fsp3) is 1.00. The summed E-state index contributed by atoms with van der Waals surface area (Å²) in [6.07, 6.45) is 2.76. The van der Waals surface area contributed by atoms with E-state index in [1.54, 1.807) is 0 Å². The van der Waals surface area contributed by atoms with Crippen LogP contribution in [0.1, 0.15) is 33.6 Å². The fourth-order valence-corrected chi connectivity index (χ4v) is 3.49. The Kier molecular flexibility index (Phi) is 3.91. The molecule has 1 saturated carbocycles. The second-order valence-electron chi connectivity index (χ2n) is 4.05. The molecule has 1 nitrogen and oxygen atoms in total. The third kappa shape index (κ3) is 2.40. The lowest BCUT2D eigenvalue weighted by molar-refractivity contribution is 0.463. The van der Waals surface area contributed by atoms with Gasteiger partial charge in [0, 0.05) is 11.3 Å². The summed E-state index contributed by atoms with van der Waals surface area (Å²) in [5, 5.41) is 5.08. The number of thioether (sulfide) groups is 1. The molecule has 0 amide bonds. The molecule has 12 heavy (non-hydrogen) atoms. The molecule has 72 valence electrons. The highest BCUT2D eigenvalue weighted by molar-refractivity contribution is 8.00. The van der Waals surface area contributed by atoms with Crippen LogP contribution in [0.4, 0.5) is 0 Å². The molecule has 1 aliphatic carbocycles. The zero-order chi connectivity index (χ0) is 9.14. The first-order chi connectivity index (χ1) is 5.65. The standard InChI is InChI=1S/C10H21NS/c1-7(2)12-10-6-5-9(11-4)8(10)3/h7-11H,5-6H2,1-4H3. The van der Waals surface area contributed by atoms with Gasteiger partial charge in [-0.15, -0.1) is 0 Å². The van der Waals surface area contributed by atoms with Gasteiger partial charge in [-0.05, 0) is 31.1 Å². The minimum absolute atomic E-state index is 0.765. The molecule has 0 heterocycles. The van der Waals surface area contributed by atoms with Crippen LogP contribution in [0.15, 0.2) is 0 Å². The molecule has 0 aromatic carbocycles. The maximum atomic E-state index is 3.40. The molecular weight excluding hydrogens is 166 g/mol. The van der Waals surface area contributed by atoms with Gasteiger partial charge in [0.25, 0.3) is 0 Å². The van der Waals surface area contributed by atoms with E-state index in [-0.39, 0.29) is 0 Å². The lowest BCUT2D eigenvalue weighted by Gasteiger charge is -2.21. The third-order valence-corrected chi connectivity index (χ3v) is 4.36. The summed E-state index contributed by atoms with van der Waals surface area (Å²) in [7, 11) is 2.09. The SMILES string of the molecule is CNC1CCC(SC(C)C)C1C. The van der Waals surface area contributed by atoms with Crippen LogP contribution in [0, 0.1) is 5.92 Å². The molecule has 2 heteroatoms. The molecule has 3 atom stereocenters. The molecule has 0 radical (unpaired) electrons. The summed E-state index contributed by atoms with van der Waals surface area (Å²) in [5.74, 6) is 0.849. The van der Waals surface area contributed by atoms with Crippen molar-refractivity contribution in [2.24, 2.45) is 5.92 Å². The maximum Gasteiger partial charge on any atom is 0.0101 e. The predicted molar refractivity (Wildman–Crippen MR) is 57.8 cm³/mol. The molecule has 1 rings (SSSR count). The highest BCUT2D eigenvalue weighted by Gasteiger charge is 2.32. The van der Waals surface area contributed by atoms with Crippen molar-refractivity contribution in [3.63, 3.8) is 0 Å². The van der Waals surface area contributed by atoms with E-state index in [0.717, 1.165) is 22.5 Å². The Bertz CT molecular complexity index is 136. The molecule has 1 aliphatic rings. The van der Waals surface area contributed by atoms with Crippen molar-refractivity contribution in [2.45, 2.75) is 50.2 Å². The van der Waals surface area contributed by atoms with Crippen molar-refractivity contribution in [1.29, 1.82) is 0 Å². The second kappa shape index (κ2) is 4.52. The van der Waals surface area contributed by atoms with Crippen LogP contribution in [0.25, 0.3) is 0 Å². The lowest BCUT2D eigenvalue weighted by Crippen LogP contribution is -2.30. The van der Waals surface area contributed by atoms with Gasteiger partial charge in [0.1, 0.15) is 0 Å². The van der Waals surface area contributed by atoms with Crippen molar-refractivity contribution in [3.05, 3.63) is 0 Å². The van der Waals surface area contributed by atoms with E-state index in [0.29, 0.717) is 0 Å². The average Bonchev–Trinajstić information content (AvgIpc) is 2.32. The van der Waals surface area contributed by atoms with Gasteiger partial charge >= 0.3 is 0 Å². The van der Waals surface area contributed by atoms with Crippen molar-refractivity contribution in [2.75, 3.05) is 7.05 Å². The molecule has 3 unspecified atom stereocenters. The number of rotatable bonds is 3. The normalized spacial score (nSPS) is 36.2. The Balaban J connectivity index is 2.38. The van der Waals surface area contributed by atoms with E-state index in [2.05, 4.69) is 44.9 Å². The Morgan fingerprint density at radius 2 is 2.00 bits per heavy atom. The summed E-state index contributed by atoms with van der Waals surface area (Å²) < 4.78 is 0. The molecule has 1 N–H and O–H groups in total. The molecule has 0 spiro atoms. The zero-order valence-electron chi connectivity index (χ0n) is 8.63. The van der Waals surface area contributed by atoms with Gasteiger partial charge in [0.2, 0.25) is 0 Å². The van der Waals surface area contributed by atoms with Gasteiger partial charge < -0.3 is 5.32 Å². The minimum Gasteiger partial charge on any atom is -0.317 e.